The molecule has 1 amide bonds. The molecule has 20 heavy (non-hydrogen) atoms. The third-order valence-corrected chi connectivity index (χ3v) is 3.87. The number of hydrogen-bond acceptors (Lipinski definition) is 1. The number of carbonyl (C=O) groups is 1. The zero-order chi connectivity index (χ0) is 14.8. The Morgan fingerprint density at radius 3 is 2.45 bits per heavy atom. The van der Waals surface area contributed by atoms with E-state index in [0.717, 1.165) is 38.5 Å². The summed E-state index contributed by atoms with van der Waals surface area (Å²) in [4.78, 5) is 12.2. The molecule has 1 aromatic carbocycles. The van der Waals surface area contributed by atoms with Gasteiger partial charge in [-0.05, 0) is 38.2 Å². The van der Waals surface area contributed by atoms with Gasteiger partial charge in [-0.25, -0.2) is 0 Å². The highest BCUT2D eigenvalue weighted by Gasteiger charge is 2.17. The van der Waals surface area contributed by atoms with Crippen molar-refractivity contribution < 1.29 is 4.79 Å². The van der Waals surface area contributed by atoms with Crippen molar-refractivity contribution in [2.24, 2.45) is 5.92 Å². The summed E-state index contributed by atoms with van der Waals surface area (Å²) < 4.78 is 0. The molecule has 1 aromatic rings. The lowest BCUT2D eigenvalue weighted by Gasteiger charge is -2.19. The van der Waals surface area contributed by atoms with E-state index in [9.17, 15) is 4.79 Å². The second-order valence-electron chi connectivity index (χ2n) is 5.68. The second-order valence-corrected chi connectivity index (χ2v) is 5.68. The summed E-state index contributed by atoms with van der Waals surface area (Å²) in [7, 11) is 0. The van der Waals surface area contributed by atoms with E-state index in [0.29, 0.717) is 0 Å². The molecule has 2 nitrogen and oxygen atoms in total. The molecule has 2 atom stereocenters. The first kappa shape index (κ1) is 16.7. The topological polar surface area (TPSA) is 29.1 Å². The van der Waals surface area contributed by atoms with Crippen molar-refractivity contribution in [2.75, 3.05) is 0 Å². The maximum absolute atomic E-state index is 12.2. The van der Waals surface area contributed by atoms with Crippen molar-refractivity contribution in [3.8, 4) is 0 Å². The van der Waals surface area contributed by atoms with Crippen molar-refractivity contribution in [3.63, 3.8) is 0 Å². The maximum atomic E-state index is 12.2. The van der Waals surface area contributed by atoms with Crippen LogP contribution in [0.1, 0.15) is 58.4 Å². The molecule has 0 radical (unpaired) electrons. The van der Waals surface area contributed by atoms with Crippen LogP contribution < -0.4 is 5.32 Å². The summed E-state index contributed by atoms with van der Waals surface area (Å²) in [6, 6.07) is 10.7. The van der Waals surface area contributed by atoms with Crippen LogP contribution in [-0.4, -0.2) is 11.9 Å². The highest BCUT2D eigenvalue weighted by atomic mass is 16.1. The SMILES string of the molecule is CCCCC(CC)C(=O)NC(C)CCc1ccccc1. The van der Waals surface area contributed by atoms with E-state index in [1.165, 1.54) is 5.56 Å². The lowest BCUT2D eigenvalue weighted by atomic mass is 9.97. The van der Waals surface area contributed by atoms with Gasteiger partial charge in [0.1, 0.15) is 0 Å². The minimum absolute atomic E-state index is 0.189. The molecule has 1 rings (SSSR count). The summed E-state index contributed by atoms with van der Waals surface area (Å²) >= 11 is 0. The van der Waals surface area contributed by atoms with Crippen molar-refractivity contribution in [1.82, 2.24) is 5.32 Å². The number of unbranched alkanes of at least 4 members (excludes halogenated alkanes) is 1. The van der Waals surface area contributed by atoms with E-state index in [1.807, 2.05) is 6.07 Å². The highest BCUT2D eigenvalue weighted by Crippen LogP contribution is 2.13. The van der Waals surface area contributed by atoms with E-state index >= 15 is 0 Å². The number of carbonyl (C=O) groups excluding carboxylic acids is 1. The minimum Gasteiger partial charge on any atom is -0.353 e. The first-order valence-electron chi connectivity index (χ1n) is 8.01. The molecule has 0 aromatic heterocycles. The fourth-order valence-electron chi connectivity index (χ4n) is 2.43. The third kappa shape index (κ3) is 6.23. The molecular formula is C18H29NO. The van der Waals surface area contributed by atoms with Crippen molar-refractivity contribution in [1.29, 1.82) is 0 Å². The van der Waals surface area contributed by atoms with E-state index in [1.54, 1.807) is 0 Å². The van der Waals surface area contributed by atoms with E-state index in [-0.39, 0.29) is 17.9 Å². The Hall–Kier alpha value is -1.31. The van der Waals surface area contributed by atoms with Gasteiger partial charge in [0.2, 0.25) is 5.91 Å². The lowest BCUT2D eigenvalue weighted by molar-refractivity contribution is -0.126. The van der Waals surface area contributed by atoms with Crippen LogP contribution in [-0.2, 0) is 11.2 Å². The largest absolute Gasteiger partial charge is 0.353 e. The molecule has 1 N–H and O–H groups in total. The van der Waals surface area contributed by atoms with Crippen LogP contribution in [0.5, 0.6) is 0 Å². The average molecular weight is 275 g/mol. The molecule has 0 aliphatic rings. The molecule has 0 heterocycles. The third-order valence-electron chi connectivity index (χ3n) is 3.87. The van der Waals surface area contributed by atoms with Crippen LogP contribution >= 0.6 is 0 Å². The van der Waals surface area contributed by atoms with Gasteiger partial charge in [-0.1, -0.05) is 57.0 Å². The highest BCUT2D eigenvalue weighted by molar-refractivity contribution is 5.78. The monoisotopic (exact) mass is 275 g/mol. The van der Waals surface area contributed by atoms with Gasteiger partial charge >= 0.3 is 0 Å². The zero-order valence-corrected chi connectivity index (χ0v) is 13.2. The molecule has 0 aliphatic carbocycles. The zero-order valence-electron chi connectivity index (χ0n) is 13.2. The van der Waals surface area contributed by atoms with Crippen molar-refractivity contribution >= 4 is 5.91 Å². The van der Waals surface area contributed by atoms with Gasteiger partial charge in [0.25, 0.3) is 0 Å². The van der Waals surface area contributed by atoms with E-state index in [2.05, 4.69) is 50.4 Å². The second kappa shape index (κ2) is 9.57. The van der Waals surface area contributed by atoms with Crippen LogP contribution in [0.15, 0.2) is 30.3 Å². The quantitative estimate of drug-likeness (QED) is 0.713. The number of benzene rings is 1. The van der Waals surface area contributed by atoms with Crippen molar-refractivity contribution in [3.05, 3.63) is 35.9 Å². The van der Waals surface area contributed by atoms with Gasteiger partial charge in [-0.3, -0.25) is 4.79 Å². The molecule has 0 saturated carbocycles. The Bertz CT molecular complexity index is 374. The van der Waals surface area contributed by atoms with Crippen LogP contribution in [0.3, 0.4) is 0 Å². The predicted octanol–water partition coefficient (Wildman–Crippen LogP) is 4.34. The number of hydrogen-bond donors (Lipinski definition) is 1. The summed E-state index contributed by atoms with van der Waals surface area (Å²) in [5.74, 6) is 0.427. The number of rotatable bonds is 9. The fourth-order valence-corrected chi connectivity index (χ4v) is 2.43. The molecule has 0 spiro atoms. The van der Waals surface area contributed by atoms with E-state index < -0.39 is 0 Å². The summed E-state index contributed by atoms with van der Waals surface area (Å²) in [5, 5.41) is 3.17. The van der Waals surface area contributed by atoms with Gasteiger partial charge in [0.05, 0.1) is 0 Å². The molecule has 2 unspecified atom stereocenters. The first-order valence-corrected chi connectivity index (χ1v) is 8.01. The van der Waals surface area contributed by atoms with Crippen LogP contribution in [0.2, 0.25) is 0 Å². The molecule has 112 valence electrons. The van der Waals surface area contributed by atoms with Gasteiger partial charge < -0.3 is 5.32 Å². The summed E-state index contributed by atoms with van der Waals surface area (Å²) in [6.45, 7) is 6.38. The van der Waals surface area contributed by atoms with Gasteiger partial charge in [-0.15, -0.1) is 0 Å². The molecular weight excluding hydrogens is 246 g/mol. The normalized spacial score (nSPS) is 13.8. The molecule has 0 saturated heterocycles. The van der Waals surface area contributed by atoms with Crippen molar-refractivity contribution in [2.45, 2.75) is 65.3 Å². The number of nitrogens with one attached hydrogen (secondary N) is 1. The Morgan fingerprint density at radius 2 is 1.85 bits per heavy atom. The Morgan fingerprint density at radius 1 is 1.15 bits per heavy atom. The van der Waals surface area contributed by atoms with Crippen LogP contribution in [0.4, 0.5) is 0 Å². The average Bonchev–Trinajstić information content (AvgIpc) is 2.47. The first-order chi connectivity index (χ1) is 9.67. The number of aryl methyl sites for hydroxylation is 1. The Labute approximate surface area is 124 Å². The maximum Gasteiger partial charge on any atom is 0.223 e. The Balaban J connectivity index is 2.33. The molecule has 2 heteroatoms. The van der Waals surface area contributed by atoms with E-state index in [4.69, 9.17) is 0 Å². The standard InChI is InChI=1S/C18H29NO/c1-4-6-12-17(5-2)18(20)19-15(3)13-14-16-10-8-7-9-11-16/h7-11,15,17H,4-6,12-14H2,1-3H3,(H,19,20). The predicted molar refractivity (Wildman–Crippen MR) is 85.7 cm³/mol. The summed E-state index contributed by atoms with van der Waals surface area (Å²) in [5.41, 5.74) is 1.34. The number of amides is 1. The molecule has 0 aliphatic heterocycles. The van der Waals surface area contributed by atoms with Crippen LogP contribution in [0.25, 0.3) is 0 Å². The molecule has 0 bridgehead atoms. The van der Waals surface area contributed by atoms with Gasteiger partial charge in [-0.2, -0.15) is 0 Å². The van der Waals surface area contributed by atoms with Gasteiger partial charge in [0.15, 0.2) is 0 Å². The molecule has 0 fully saturated rings. The summed E-state index contributed by atoms with van der Waals surface area (Å²) in [6.07, 6.45) is 6.28. The fraction of sp³-hybridized carbons (Fsp3) is 0.611. The smallest absolute Gasteiger partial charge is 0.223 e. The van der Waals surface area contributed by atoms with Gasteiger partial charge in [0, 0.05) is 12.0 Å². The van der Waals surface area contributed by atoms with Crippen LogP contribution in [0, 0.1) is 5.92 Å². The Kier molecular flexibility index (Phi) is 8.01. The minimum atomic E-state index is 0.189. The lowest BCUT2D eigenvalue weighted by Crippen LogP contribution is -2.37.